The van der Waals surface area contributed by atoms with Gasteiger partial charge in [0.1, 0.15) is 10.5 Å². The van der Waals surface area contributed by atoms with Crippen LogP contribution in [0.3, 0.4) is 0 Å². The van der Waals surface area contributed by atoms with Gasteiger partial charge in [-0.25, -0.2) is 4.98 Å². The first-order chi connectivity index (χ1) is 12.7. The van der Waals surface area contributed by atoms with Crippen molar-refractivity contribution in [3.8, 4) is 28.2 Å². The molecule has 0 aliphatic rings. The van der Waals surface area contributed by atoms with Gasteiger partial charge in [-0.3, -0.25) is 4.57 Å². The van der Waals surface area contributed by atoms with Gasteiger partial charge in [-0.15, -0.1) is 0 Å². The fourth-order valence-electron chi connectivity index (χ4n) is 3.02. The van der Waals surface area contributed by atoms with Crippen molar-refractivity contribution >= 4 is 12.2 Å². The molecule has 0 saturated carbocycles. The molecule has 0 fully saturated rings. The second-order valence-electron chi connectivity index (χ2n) is 6.23. The summed E-state index contributed by atoms with van der Waals surface area (Å²) in [5.74, 6) is 0.832. The van der Waals surface area contributed by atoms with E-state index in [0.717, 1.165) is 38.4 Å². The van der Waals surface area contributed by atoms with Crippen molar-refractivity contribution in [3.05, 3.63) is 101 Å². The zero-order chi connectivity index (χ0) is 17.9. The summed E-state index contributed by atoms with van der Waals surface area (Å²) in [4.78, 5) is 4.59. The zero-order valence-electron chi connectivity index (χ0n) is 14.5. The summed E-state index contributed by atoms with van der Waals surface area (Å²) in [5, 5.41) is 0. The van der Waals surface area contributed by atoms with Crippen LogP contribution in [0.15, 0.2) is 91.1 Å². The lowest BCUT2D eigenvalue weighted by Gasteiger charge is -2.16. The minimum absolute atomic E-state index is 0.738. The highest BCUT2D eigenvalue weighted by Gasteiger charge is 2.11. The van der Waals surface area contributed by atoms with Crippen LogP contribution in [-0.2, 0) is 0 Å². The lowest BCUT2D eigenvalue weighted by atomic mass is 10.0. The largest absolute Gasteiger partial charge is 0.285 e. The Hall–Kier alpha value is -3.04. The predicted molar refractivity (Wildman–Crippen MR) is 110 cm³/mol. The Morgan fingerprint density at radius 2 is 1.38 bits per heavy atom. The van der Waals surface area contributed by atoms with E-state index in [2.05, 4.69) is 41.4 Å². The van der Waals surface area contributed by atoms with Gasteiger partial charge in [-0.2, -0.15) is 0 Å². The maximum absolute atomic E-state index is 5.76. The van der Waals surface area contributed by atoms with Gasteiger partial charge >= 0.3 is 0 Å². The molecule has 0 saturated heterocycles. The van der Waals surface area contributed by atoms with Crippen molar-refractivity contribution in [3.63, 3.8) is 0 Å². The molecule has 126 valence electrons. The van der Waals surface area contributed by atoms with Crippen molar-refractivity contribution in [2.45, 2.75) is 6.92 Å². The Kier molecular flexibility index (Phi) is 4.46. The molecule has 0 spiro atoms. The summed E-state index contributed by atoms with van der Waals surface area (Å²) >= 11 is 5.76. The summed E-state index contributed by atoms with van der Waals surface area (Å²) in [5.41, 5.74) is 5.53. The molecule has 26 heavy (non-hydrogen) atoms. The van der Waals surface area contributed by atoms with Crippen molar-refractivity contribution in [1.82, 2.24) is 9.55 Å². The molecule has 3 heteroatoms. The van der Waals surface area contributed by atoms with Crippen molar-refractivity contribution in [2.24, 2.45) is 0 Å². The number of aromatic nitrogens is 2. The van der Waals surface area contributed by atoms with Crippen molar-refractivity contribution in [2.75, 3.05) is 0 Å². The van der Waals surface area contributed by atoms with Gasteiger partial charge in [0.05, 0.1) is 5.69 Å². The van der Waals surface area contributed by atoms with Gasteiger partial charge in [-0.05, 0) is 47.4 Å². The maximum Gasteiger partial charge on any atom is 0.138 e. The van der Waals surface area contributed by atoms with Gasteiger partial charge in [0.25, 0.3) is 0 Å². The van der Waals surface area contributed by atoms with E-state index in [0.29, 0.717) is 0 Å². The number of benzene rings is 2. The Morgan fingerprint density at radius 3 is 2.00 bits per heavy atom. The monoisotopic (exact) mass is 354 g/mol. The second kappa shape index (κ2) is 7.06. The van der Waals surface area contributed by atoms with Crippen LogP contribution in [0.25, 0.3) is 28.2 Å². The molecule has 0 atom stereocenters. The fourth-order valence-corrected chi connectivity index (χ4v) is 3.34. The van der Waals surface area contributed by atoms with Crippen LogP contribution < -0.4 is 0 Å². The average Bonchev–Trinajstić information content (AvgIpc) is 2.70. The quantitative estimate of drug-likeness (QED) is 0.405. The molecule has 4 aromatic rings. The number of hydrogen-bond donors (Lipinski definition) is 0. The lowest BCUT2D eigenvalue weighted by molar-refractivity contribution is 0.974. The maximum atomic E-state index is 5.76. The van der Waals surface area contributed by atoms with Crippen LogP contribution in [0.4, 0.5) is 0 Å². The van der Waals surface area contributed by atoms with Crippen LogP contribution in [0.2, 0.25) is 0 Å². The van der Waals surface area contributed by atoms with Crippen molar-refractivity contribution < 1.29 is 0 Å². The van der Waals surface area contributed by atoms with Gasteiger partial charge < -0.3 is 0 Å². The van der Waals surface area contributed by atoms with Crippen LogP contribution in [0, 0.1) is 11.6 Å². The molecule has 2 nitrogen and oxygen atoms in total. The van der Waals surface area contributed by atoms with Crippen molar-refractivity contribution in [1.29, 1.82) is 0 Å². The Labute approximate surface area is 158 Å². The zero-order valence-corrected chi connectivity index (χ0v) is 15.3. The van der Waals surface area contributed by atoms with E-state index >= 15 is 0 Å². The Bertz CT molecular complexity index is 1080. The first-order valence-corrected chi connectivity index (χ1v) is 8.94. The van der Waals surface area contributed by atoms with Crippen LogP contribution in [0.5, 0.6) is 0 Å². The molecule has 0 amide bonds. The van der Waals surface area contributed by atoms with Crippen LogP contribution >= 0.6 is 12.2 Å². The fraction of sp³-hybridized carbons (Fsp3) is 0.0435. The van der Waals surface area contributed by atoms with E-state index in [1.807, 2.05) is 66.2 Å². The van der Waals surface area contributed by atoms with Gasteiger partial charge in [0.2, 0.25) is 0 Å². The highest BCUT2D eigenvalue weighted by molar-refractivity contribution is 7.71. The third-order valence-electron chi connectivity index (χ3n) is 4.33. The average molecular weight is 354 g/mol. The summed E-state index contributed by atoms with van der Waals surface area (Å²) in [6.45, 7) is 2.03. The van der Waals surface area contributed by atoms with Crippen LogP contribution in [-0.4, -0.2) is 9.55 Å². The molecule has 2 aromatic carbocycles. The number of aryl methyl sites for hydroxylation is 1. The Balaban J connectivity index is 1.99. The molecule has 0 aliphatic carbocycles. The standard InChI is InChI=1S/C23H18N2S/c1-17-12-13-22(24-16-17)25-21(19-10-6-3-7-11-19)14-20(15-23(25)26)18-8-4-2-5-9-18/h2-16H,1H3. The lowest BCUT2D eigenvalue weighted by Crippen LogP contribution is -2.04. The molecular weight excluding hydrogens is 336 g/mol. The molecule has 0 bridgehead atoms. The number of hydrogen-bond acceptors (Lipinski definition) is 2. The van der Waals surface area contributed by atoms with E-state index in [9.17, 15) is 0 Å². The summed E-state index contributed by atoms with van der Waals surface area (Å²) in [7, 11) is 0. The van der Waals surface area contributed by atoms with Gasteiger partial charge in [0.15, 0.2) is 0 Å². The molecule has 2 aromatic heterocycles. The van der Waals surface area contributed by atoms with E-state index in [4.69, 9.17) is 12.2 Å². The molecule has 4 rings (SSSR count). The second-order valence-corrected chi connectivity index (χ2v) is 6.65. The molecule has 0 aliphatic heterocycles. The van der Waals surface area contributed by atoms with E-state index < -0.39 is 0 Å². The molecule has 0 radical (unpaired) electrons. The normalized spacial score (nSPS) is 10.7. The number of rotatable bonds is 3. The van der Waals surface area contributed by atoms with E-state index in [-0.39, 0.29) is 0 Å². The van der Waals surface area contributed by atoms with E-state index in [1.165, 1.54) is 0 Å². The first-order valence-electron chi connectivity index (χ1n) is 8.53. The summed E-state index contributed by atoms with van der Waals surface area (Å²) < 4.78 is 2.78. The highest BCUT2D eigenvalue weighted by Crippen LogP contribution is 2.29. The third-order valence-corrected chi connectivity index (χ3v) is 4.63. The van der Waals surface area contributed by atoms with Gasteiger partial charge in [-0.1, -0.05) is 78.9 Å². The van der Waals surface area contributed by atoms with Crippen LogP contribution in [0.1, 0.15) is 5.56 Å². The first kappa shape index (κ1) is 16.4. The summed E-state index contributed by atoms with van der Waals surface area (Å²) in [6, 6.07) is 28.9. The number of nitrogens with zero attached hydrogens (tertiary/aromatic N) is 2. The smallest absolute Gasteiger partial charge is 0.138 e. The SMILES string of the molecule is Cc1ccc(-n2c(-c3ccccc3)cc(-c3ccccc3)cc2=S)nc1. The molecule has 0 unspecified atom stereocenters. The van der Waals surface area contributed by atoms with Gasteiger partial charge in [0, 0.05) is 6.20 Å². The minimum atomic E-state index is 0.738. The summed E-state index contributed by atoms with van der Waals surface area (Å²) in [6.07, 6.45) is 1.87. The van der Waals surface area contributed by atoms with E-state index in [1.54, 1.807) is 0 Å². The number of pyridine rings is 2. The molecule has 2 heterocycles. The topological polar surface area (TPSA) is 17.8 Å². The Morgan fingerprint density at radius 1 is 0.731 bits per heavy atom. The molecular formula is C23H18N2S. The minimum Gasteiger partial charge on any atom is -0.285 e. The highest BCUT2D eigenvalue weighted by atomic mass is 32.1. The molecule has 0 N–H and O–H groups in total. The predicted octanol–water partition coefficient (Wildman–Crippen LogP) is 6.24. The third kappa shape index (κ3) is 3.22.